The number of ether oxygens (including phenoxy) is 2. The molecular formula is C15H24O3. The maximum atomic E-state index is 12.1. The Morgan fingerprint density at radius 2 is 2.17 bits per heavy atom. The summed E-state index contributed by atoms with van der Waals surface area (Å²) in [4.78, 5) is 12.1. The van der Waals surface area contributed by atoms with Gasteiger partial charge in [-0.25, -0.2) is 0 Å². The quantitative estimate of drug-likeness (QED) is 0.758. The van der Waals surface area contributed by atoms with E-state index in [2.05, 4.69) is 13.8 Å². The SMILES string of the molecule is CC1(C)C[C@H]2C(=O)C[C@@H]1C[C@@H]2OC1CCCCO1. The smallest absolute Gasteiger partial charge is 0.157 e. The largest absolute Gasteiger partial charge is 0.353 e. The lowest BCUT2D eigenvalue weighted by molar-refractivity contribution is -0.220. The number of Topliss-reactive ketones (excluding diaryl/α,β-unsaturated/α-hetero) is 1. The normalized spacial score (nSPS) is 43.1. The number of ketones is 1. The lowest BCUT2D eigenvalue weighted by Gasteiger charge is -2.51. The van der Waals surface area contributed by atoms with Gasteiger partial charge in [0, 0.05) is 18.9 Å². The Kier molecular flexibility index (Phi) is 3.23. The summed E-state index contributed by atoms with van der Waals surface area (Å²) in [5, 5.41) is 0. The number of fused-ring (bicyclic) bond motifs is 3. The van der Waals surface area contributed by atoms with Crippen LogP contribution in [0.5, 0.6) is 0 Å². The molecule has 18 heavy (non-hydrogen) atoms. The van der Waals surface area contributed by atoms with Gasteiger partial charge in [-0.3, -0.25) is 4.79 Å². The van der Waals surface area contributed by atoms with Gasteiger partial charge in [0.05, 0.1) is 6.10 Å². The Morgan fingerprint density at radius 3 is 2.83 bits per heavy atom. The third kappa shape index (κ3) is 2.23. The monoisotopic (exact) mass is 252 g/mol. The molecule has 3 saturated carbocycles. The van der Waals surface area contributed by atoms with E-state index in [9.17, 15) is 4.79 Å². The zero-order valence-electron chi connectivity index (χ0n) is 11.5. The molecule has 1 aliphatic heterocycles. The molecule has 102 valence electrons. The van der Waals surface area contributed by atoms with E-state index in [-0.39, 0.29) is 18.3 Å². The van der Waals surface area contributed by atoms with Crippen LogP contribution in [0.25, 0.3) is 0 Å². The van der Waals surface area contributed by atoms with Gasteiger partial charge in [0.2, 0.25) is 0 Å². The molecule has 0 N–H and O–H groups in total. The van der Waals surface area contributed by atoms with Crippen LogP contribution >= 0.6 is 0 Å². The third-order valence-electron chi connectivity index (χ3n) is 5.14. The van der Waals surface area contributed by atoms with E-state index in [0.29, 0.717) is 17.1 Å². The average molecular weight is 252 g/mol. The van der Waals surface area contributed by atoms with E-state index < -0.39 is 0 Å². The van der Waals surface area contributed by atoms with Crippen LogP contribution in [0.4, 0.5) is 0 Å². The van der Waals surface area contributed by atoms with Gasteiger partial charge in [0.25, 0.3) is 0 Å². The Morgan fingerprint density at radius 1 is 1.33 bits per heavy atom. The van der Waals surface area contributed by atoms with Crippen molar-refractivity contribution in [3.05, 3.63) is 0 Å². The zero-order valence-corrected chi connectivity index (χ0v) is 11.5. The number of carbonyl (C=O) groups is 1. The fourth-order valence-electron chi connectivity index (χ4n) is 3.87. The molecule has 1 heterocycles. The maximum absolute atomic E-state index is 12.1. The summed E-state index contributed by atoms with van der Waals surface area (Å²) in [5.74, 6) is 1.05. The molecule has 4 fully saturated rings. The highest BCUT2D eigenvalue weighted by Gasteiger charge is 2.51. The highest BCUT2D eigenvalue weighted by atomic mass is 16.7. The minimum absolute atomic E-state index is 0.0565. The van der Waals surface area contributed by atoms with Gasteiger partial charge in [0.15, 0.2) is 6.29 Å². The number of rotatable bonds is 2. The second-order valence-corrected chi connectivity index (χ2v) is 6.87. The molecule has 2 bridgehead atoms. The molecule has 0 radical (unpaired) electrons. The average Bonchev–Trinajstić information content (AvgIpc) is 2.33. The van der Waals surface area contributed by atoms with Crippen LogP contribution in [0.1, 0.15) is 52.4 Å². The first-order valence-corrected chi connectivity index (χ1v) is 7.36. The molecule has 3 heteroatoms. The van der Waals surface area contributed by atoms with Gasteiger partial charge in [-0.2, -0.15) is 0 Å². The summed E-state index contributed by atoms with van der Waals surface area (Å²) in [7, 11) is 0. The molecule has 1 unspecified atom stereocenters. The molecule has 4 rings (SSSR count). The molecular weight excluding hydrogens is 228 g/mol. The van der Waals surface area contributed by atoms with Gasteiger partial charge >= 0.3 is 0 Å². The van der Waals surface area contributed by atoms with Gasteiger partial charge < -0.3 is 9.47 Å². The van der Waals surface area contributed by atoms with Crippen LogP contribution < -0.4 is 0 Å². The Bertz CT molecular complexity index is 331. The zero-order chi connectivity index (χ0) is 12.8. The molecule has 4 aliphatic rings. The lowest BCUT2D eigenvalue weighted by Crippen LogP contribution is -2.52. The Labute approximate surface area is 109 Å². The van der Waals surface area contributed by atoms with E-state index in [4.69, 9.17) is 9.47 Å². The van der Waals surface area contributed by atoms with E-state index in [1.165, 1.54) is 6.42 Å². The highest BCUT2D eigenvalue weighted by molar-refractivity contribution is 5.83. The third-order valence-corrected chi connectivity index (χ3v) is 5.14. The van der Waals surface area contributed by atoms with E-state index in [1.807, 2.05) is 0 Å². The van der Waals surface area contributed by atoms with Gasteiger partial charge in [-0.05, 0) is 43.4 Å². The molecule has 0 spiro atoms. The molecule has 0 aromatic rings. The molecule has 3 nitrogen and oxygen atoms in total. The molecule has 0 aromatic carbocycles. The summed E-state index contributed by atoms with van der Waals surface area (Å²) < 4.78 is 11.7. The van der Waals surface area contributed by atoms with Crippen LogP contribution in [-0.4, -0.2) is 24.8 Å². The first-order chi connectivity index (χ1) is 8.56. The summed E-state index contributed by atoms with van der Waals surface area (Å²) >= 11 is 0. The van der Waals surface area contributed by atoms with Crippen molar-refractivity contribution >= 4 is 5.78 Å². The van der Waals surface area contributed by atoms with Crippen LogP contribution in [0.2, 0.25) is 0 Å². The van der Waals surface area contributed by atoms with Crippen molar-refractivity contribution in [2.75, 3.05) is 6.61 Å². The van der Waals surface area contributed by atoms with E-state index in [0.717, 1.165) is 38.7 Å². The molecule has 0 amide bonds. The van der Waals surface area contributed by atoms with Crippen molar-refractivity contribution in [3.8, 4) is 0 Å². The summed E-state index contributed by atoms with van der Waals surface area (Å²) in [5.41, 5.74) is 0.311. The molecule has 3 aliphatic carbocycles. The number of carbonyl (C=O) groups excluding carboxylic acids is 1. The summed E-state index contributed by atoms with van der Waals surface area (Å²) in [6.45, 7) is 5.40. The van der Waals surface area contributed by atoms with Crippen LogP contribution in [0, 0.1) is 17.3 Å². The van der Waals surface area contributed by atoms with Crippen molar-refractivity contribution in [1.29, 1.82) is 0 Å². The fraction of sp³-hybridized carbons (Fsp3) is 0.933. The van der Waals surface area contributed by atoms with E-state index >= 15 is 0 Å². The molecule has 4 atom stereocenters. The first kappa shape index (κ1) is 12.6. The molecule has 1 saturated heterocycles. The van der Waals surface area contributed by atoms with Crippen molar-refractivity contribution in [2.45, 2.75) is 64.8 Å². The minimum atomic E-state index is -0.0565. The van der Waals surface area contributed by atoms with Crippen molar-refractivity contribution in [3.63, 3.8) is 0 Å². The predicted molar refractivity (Wildman–Crippen MR) is 68.1 cm³/mol. The predicted octanol–water partition coefficient (Wildman–Crippen LogP) is 2.92. The maximum Gasteiger partial charge on any atom is 0.157 e. The van der Waals surface area contributed by atoms with Crippen molar-refractivity contribution in [1.82, 2.24) is 0 Å². The van der Waals surface area contributed by atoms with Crippen LogP contribution in [0.3, 0.4) is 0 Å². The van der Waals surface area contributed by atoms with E-state index in [1.54, 1.807) is 0 Å². The Balaban J connectivity index is 1.66. The van der Waals surface area contributed by atoms with Crippen molar-refractivity contribution < 1.29 is 14.3 Å². The second-order valence-electron chi connectivity index (χ2n) is 6.87. The van der Waals surface area contributed by atoms with Crippen molar-refractivity contribution in [2.24, 2.45) is 17.3 Å². The minimum Gasteiger partial charge on any atom is -0.353 e. The summed E-state index contributed by atoms with van der Waals surface area (Å²) in [6, 6.07) is 0. The van der Waals surface area contributed by atoms with Gasteiger partial charge in [-0.15, -0.1) is 0 Å². The second kappa shape index (κ2) is 4.61. The lowest BCUT2D eigenvalue weighted by atomic mass is 9.56. The fourth-order valence-corrected chi connectivity index (χ4v) is 3.87. The number of hydrogen-bond acceptors (Lipinski definition) is 3. The van der Waals surface area contributed by atoms with Crippen LogP contribution in [0.15, 0.2) is 0 Å². The van der Waals surface area contributed by atoms with Gasteiger partial charge in [-0.1, -0.05) is 13.8 Å². The standard InChI is InChI=1S/C15H24O3/c1-15(2)9-11-12(16)7-10(15)8-13(11)18-14-5-3-4-6-17-14/h10-11,13-14H,3-9H2,1-2H3/t10-,11+,13+,14?/m1/s1. The summed E-state index contributed by atoms with van der Waals surface area (Å²) in [6.07, 6.45) is 6.19. The number of hydrogen-bond donors (Lipinski definition) is 0. The van der Waals surface area contributed by atoms with Gasteiger partial charge in [0.1, 0.15) is 5.78 Å². The van der Waals surface area contributed by atoms with Crippen LogP contribution in [-0.2, 0) is 14.3 Å². The first-order valence-electron chi connectivity index (χ1n) is 7.36. The highest BCUT2D eigenvalue weighted by Crippen LogP contribution is 2.51. The molecule has 0 aromatic heterocycles. The topological polar surface area (TPSA) is 35.5 Å². The Hall–Kier alpha value is -0.410.